The molecule has 120 valence electrons. The van der Waals surface area contributed by atoms with Gasteiger partial charge in [0.1, 0.15) is 0 Å². The Labute approximate surface area is 137 Å². The molecule has 0 atom stereocenters. The van der Waals surface area contributed by atoms with Gasteiger partial charge < -0.3 is 20.4 Å². The van der Waals surface area contributed by atoms with Crippen LogP contribution in [0.2, 0.25) is 0 Å². The Hall–Kier alpha value is -1.66. The summed E-state index contributed by atoms with van der Waals surface area (Å²) in [5.41, 5.74) is 1.89. The Balaban J connectivity index is 1.78. The van der Waals surface area contributed by atoms with Crippen molar-refractivity contribution in [1.29, 1.82) is 0 Å². The predicted octanol–water partition coefficient (Wildman–Crippen LogP) is 2.05. The summed E-state index contributed by atoms with van der Waals surface area (Å²) in [6.07, 6.45) is 2.64. The number of benzene rings is 1. The summed E-state index contributed by atoms with van der Waals surface area (Å²) in [5, 5.41) is 6.98. The van der Waals surface area contributed by atoms with E-state index in [4.69, 9.17) is 12.2 Å². The third-order valence-electron chi connectivity index (χ3n) is 3.58. The van der Waals surface area contributed by atoms with Crippen LogP contribution >= 0.6 is 12.2 Å². The molecule has 5 nitrogen and oxygen atoms in total. The number of anilines is 2. The highest BCUT2D eigenvalue weighted by molar-refractivity contribution is 7.80. The monoisotopic (exact) mass is 320 g/mol. The van der Waals surface area contributed by atoms with Crippen LogP contribution in [0.4, 0.5) is 11.4 Å². The highest BCUT2D eigenvalue weighted by atomic mass is 32.1. The van der Waals surface area contributed by atoms with E-state index in [-0.39, 0.29) is 5.91 Å². The zero-order valence-electron chi connectivity index (χ0n) is 13.3. The molecule has 1 aromatic rings. The van der Waals surface area contributed by atoms with E-state index < -0.39 is 0 Å². The van der Waals surface area contributed by atoms with Crippen LogP contribution in [0.3, 0.4) is 0 Å². The highest BCUT2D eigenvalue weighted by Crippen LogP contribution is 2.22. The van der Waals surface area contributed by atoms with Crippen molar-refractivity contribution in [3.63, 3.8) is 0 Å². The molecular weight excluding hydrogens is 296 g/mol. The Morgan fingerprint density at radius 2 is 2.05 bits per heavy atom. The lowest BCUT2D eigenvalue weighted by atomic mass is 10.2. The number of nitrogens with zero attached hydrogens (tertiary/aromatic N) is 2. The number of hydrogen-bond acceptors (Lipinski definition) is 3. The van der Waals surface area contributed by atoms with Gasteiger partial charge in [-0.1, -0.05) is 0 Å². The molecule has 1 aromatic carbocycles. The maximum atomic E-state index is 11.7. The van der Waals surface area contributed by atoms with Crippen molar-refractivity contribution in [2.45, 2.75) is 19.3 Å². The maximum Gasteiger partial charge on any atom is 0.227 e. The zero-order valence-corrected chi connectivity index (χ0v) is 14.1. The van der Waals surface area contributed by atoms with E-state index in [9.17, 15) is 4.79 Å². The molecule has 0 unspecified atom stereocenters. The van der Waals surface area contributed by atoms with Crippen LogP contribution < -0.4 is 15.5 Å². The highest BCUT2D eigenvalue weighted by Gasteiger charge is 2.21. The molecule has 1 saturated heterocycles. The first-order chi connectivity index (χ1) is 10.6. The molecule has 0 saturated carbocycles. The molecule has 2 N–H and O–H groups in total. The van der Waals surface area contributed by atoms with Gasteiger partial charge in [-0.2, -0.15) is 0 Å². The fraction of sp³-hybridized carbons (Fsp3) is 0.500. The average molecular weight is 320 g/mol. The smallest absolute Gasteiger partial charge is 0.227 e. The van der Waals surface area contributed by atoms with Crippen molar-refractivity contribution in [2.24, 2.45) is 0 Å². The maximum absolute atomic E-state index is 11.7. The average Bonchev–Trinajstić information content (AvgIpc) is 2.90. The van der Waals surface area contributed by atoms with Crippen molar-refractivity contribution in [1.82, 2.24) is 10.2 Å². The molecule has 22 heavy (non-hydrogen) atoms. The van der Waals surface area contributed by atoms with E-state index in [0.29, 0.717) is 11.5 Å². The third kappa shape index (κ3) is 4.96. The second-order valence-corrected chi connectivity index (χ2v) is 6.14. The second kappa shape index (κ2) is 8.10. The second-order valence-electron chi connectivity index (χ2n) is 5.73. The van der Waals surface area contributed by atoms with E-state index in [1.807, 2.05) is 29.2 Å². The minimum Gasteiger partial charge on any atom is -0.362 e. The summed E-state index contributed by atoms with van der Waals surface area (Å²) in [7, 11) is 4.12. The lowest BCUT2D eigenvalue weighted by molar-refractivity contribution is -0.117. The van der Waals surface area contributed by atoms with Gasteiger partial charge in [-0.15, -0.1) is 0 Å². The molecule has 0 bridgehead atoms. The fourth-order valence-electron chi connectivity index (χ4n) is 2.42. The van der Waals surface area contributed by atoms with Crippen molar-refractivity contribution < 1.29 is 4.79 Å². The van der Waals surface area contributed by atoms with Gasteiger partial charge in [0, 0.05) is 30.9 Å². The molecular formula is C16H24N4OS. The van der Waals surface area contributed by atoms with Gasteiger partial charge in [0.25, 0.3) is 0 Å². The number of amides is 1. The summed E-state index contributed by atoms with van der Waals surface area (Å²) in [6, 6.07) is 7.82. The summed E-state index contributed by atoms with van der Waals surface area (Å²) in [4.78, 5) is 15.7. The molecule has 1 aliphatic rings. The number of hydrogen-bond donors (Lipinski definition) is 2. The minimum absolute atomic E-state index is 0.207. The van der Waals surface area contributed by atoms with Crippen molar-refractivity contribution in [3.8, 4) is 0 Å². The Morgan fingerprint density at radius 3 is 2.64 bits per heavy atom. The minimum atomic E-state index is 0.207. The molecule has 0 spiro atoms. The van der Waals surface area contributed by atoms with Crippen LogP contribution in [0.5, 0.6) is 0 Å². The molecule has 1 fully saturated rings. The van der Waals surface area contributed by atoms with Crippen molar-refractivity contribution in [3.05, 3.63) is 24.3 Å². The molecule has 6 heteroatoms. The molecule has 0 radical (unpaired) electrons. The van der Waals surface area contributed by atoms with E-state index in [1.165, 1.54) is 0 Å². The fourth-order valence-corrected chi connectivity index (χ4v) is 2.64. The Bertz CT molecular complexity index is 515. The van der Waals surface area contributed by atoms with Crippen LogP contribution in [0.25, 0.3) is 0 Å². The van der Waals surface area contributed by atoms with Gasteiger partial charge in [-0.05, 0) is 70.0 Å². The first-order valence-electron chi connectivity index (χ1n) is 7.66. The summed E-state index contributed by atoms with van der Waals surface area (Å²) in [6.45, 7) is 2.70. The molecule has 2 rings (SSSR count). The largest absolute Gasteiger partial charge is 0.362 e. The van der Waals surface area contributed by atoms with Gasteiger partial charge in [0.05, 0.1) is 0 Å². The molecule has 0 aromatic heterocycles. The number of rotatable bonds is 6. The molecule has 1 amide bonds. The van der Waals surface area contributed by atoms with E-state index >= 15 is 0 Å². The predicted molar refractivity (Wildman–Crippen MR) is 95.4 cm³/mol. The molecule has 0 aliphatic carbocycles. The van der Waals surface area contributed by atoms with Gasteiger partial charge in [-0.3, -0.25) is 4.79 Å². The van der Waals surface area contributed by atoms with Crippen LogP contribution in [0.1, 0.15) is 19.3 Å². The van der Waals surface area contributed by atoms with Crippen LogP contribution in [0.15, 0.2) is 24.3 Å². The molecule has 1 heterocycles. The van der Waals surface area contributed by atoms with E-state index in [0.717, 1.165) is 43.9 Å². The third-order valence-corrected chi connectivity index (χ3v) is 3.82. The lowest BCUT2D eigenvalue weighted by Crippen LogP contribution is -2.30. The van der Waals surface area contributed by atoms with Crippen LogP contribution in [0, 0.1) is 0 Å². The number of nitrogens with one attached hydrogen (secondary N) is 2. The summed E-state index contributed by atoms with van der Waals surface area (Å²) < 4.78 is 0. The first-order valence-corrected chi connectivity index (χ1v) is 8.07. The Morgan fingerprint density at radius 1 is 1.32 bits per heavy atom. The van der Waals surface area contributed by atoms with Crippen molar-refractivity contribution >= 4 is 34.6 Å². The normalized spacial score (nSPS) is 14.5. The van der Waals surface area contributed by atoms with Crippen molar-refractivity contribution in [2.75, 3.05) is 43.9 Å². The van der Waals surface area contributed by atoms with Gasteiger partial charge in [0.2, 0.25) is 5.91 Å². The first kappa shape index (κ1) is 16.7. The number of carbonyl (C=O) groups is 1. The molecule has 1 aliphatic heterocycles. The standard InChI is InChI=1S/C16H24N4OS/c1-19(2)11-4-10-17-16(22)18-13-6-8-14(9-7-13)20-12-3-5-15(20)21/h6-9H,3-5,10-12H2,1-2H3,(H2,17,18,22). The topological polar surface area (TPSA) is 47.6 Å². The number of carbonyl (C=O) groups excluding carboxylic acids is 1. The quantitative estimate of drug-likeness (QED) is 0.620. The van der Waals surface area contributed by atoms with Gasteiger partial charge >= 0.3 is 0 Å². The van der Waals surface area contributed by atoms with Gasteiger partial charge in [0.15, 0.2) is 5.11 Å². The van der Waals surface area contributed by atoms with E-state index in [1.54, 1.807) is 0 Å². The van der Waals surface area contributed by atoms with Gasteiger partial charge in [-0.25, -0.2) is 0 Å². The number of thiocarbonyl (C=S) groups is 1. The SMILES string of the molecule is CN(C)CCCNC(=S)Nc1ccc(N2CCCC2=O)cc1. The Kier molecular flexibility index (Phi) is 6.15. The van der Waals surface area contributed by atoms with Crippen LogP contribution in [-0.2, 0) is 4.79 Å². The summed E-state index contributed by atoms with van der Waals surface area (Å²) >= 11 is 5.27. The zero-order chi connectivity index (χ0) is 15.9. The van der Waals surface area contributed by atoms with E-state index in [2.05, 4.69) is 29.6 Å². The summed E-state index contributed by atoms with van der Waals surface area (Å²) in [5.74, 6) is 0.207. The lowest BCUT2D eigenvalue weighted by Gasteiger charge is -2.16. The van der Waals surface area contributed by atoms with Crippen LogP contribution in [-0.4, -0.2) is 49.6 Å².